The van der Waals surface area contributed by atoms with Gasteiger partial charge in [-0.2, -0.15) is 5.26 Å². The smallest absolute Gasteiger partial charge is 0.252 e. The standard InChI is InChI=1S/C17H21BrN2O/c1-13-9-14(11-15(18)10-13)16(21)20-17(12-19)7-5-3-2-4-6-8-17/h9-11H,2-8H2,1H3,(H,20,21). The molecule has 0 saturated heterocycles. The maximum atomic E-state index is 12.5. The van der Waals surface area contributed by atoms with E-state index in [4.69, 9.17) is 0 Å². The molecule has 0 aromatic heterocycles. The SMILES string of the molecule is Cc1cc(Br)cc(C(=O)NC2(C#N)CCCCCCC2)c1. The third-order valence-corrected chi connectivity index (χ3v) is 4.54. The molecular weight excluding hydrogens is 328 g/mol. The van der Waals surface area contributed by atoms with Crippen molar-refractivity contribution in [1.82, 2.24) is 5.32 Å². The zero-order valence-corrected chi connectivity index (χ0v) is 14.0. The van der Waals surface area contributed by atoms with Crippen LogP contribution in [0, 0.1) is 18.3 Å². The van der Waals surface area contributed by atoms with Crippen LogP contribution in [0.4, 0.5) is 0 Å². The van der Waals surface area contributed by atoms with E-state index in [1.54, 1.807) is 6.07 Å². The van der Waals surface area contributed by atoms with E-state index < -0.39 is 5.54 Å². The van der Waals surface area contributed by atoms with Crippen molar-refractivity contribution in [2.75, 3.05) is 0 Å². The van der Waals surface area contributed by atoms with Gasteiger partial charge in [0.2, 0.25) is 0 Å². The summed E-state index contributed by atoms with van der Waals surface area (Å²) in [6.45, 7) is 1.96. The lowest BCUT2D eigenvalue weighted by Gasteiger charge is -2.29. The summed E-state index contributed by atoms with van der Waals surface area (Å²) in [5, 5.41) is 12.6. The fraction of sp³-hybridized carbons (Fsp3) is 0.529. The fourth-order valence-electron chi connectivity index (χ4n) is 2.93. The predicted molar refractivity (Wildman–Crippen MR) is 87.0 cm³/mol. The maximum absolute atomic E-state index is 12.5. The predicted octanol–water partition coefficient (Wildman–Crippen LogP) is 4.49. The van der Waals surface area contributed by atoms with Gasteiger partial charge in [0, 0.05) is 10.0 Å². The van der Waals surface area contributed by atoms with E-state index in [1.807, 2.05) is 19.1 Å². The molecule has 1 aromatic carbocycles. The first kappa shape index (κ1) is 16.0. The molecule has 21 heavy (non-hydrogen) atoms. The van der Waals surface area contributed by atoms with Crippen molar-refractivity contribution >= 4 is 21.8 Å². The molecule has 1 amide bonds. The van der Waals surface area contributed by atoms with Crippen LogP contribution in [-0.2, 0) is 0 Å². The third-order valence-electron chi connectivity index (χ3n) is 4.08. The number of hydrogen-bond acceptors (Lipinski definition) is 2. The molecule has 112 valence electrons. The van der Waals surface area contributed by atoms with Crippen LogP contribution in [-0.4, -0.2) is 11.4 Å². The molecule has 0 atom stereocenters. The monoisotopic (exact) mass is 348 g/mol. The van der Waals surface area contributed by atoms with Crippen LogP contribution in [0.2, 0.25) is 0 Å². The van der Waals surface area contributed by atoms with Crippen molar-refractivity contribution in [3.63, 3.8) is 0 Å². The van der Waals surface area contributed by atoms with Crippen molar-refractivity contribution in [3.05, 3.63) is 33.8 Å². The quantitative estimate of drug-likeness (QED) is 0.855. The van der Waals surface area contributed by atoms with Crippen molar-refractivity contribution < 1.29 is 4.79 Å². The largest absolute Gasteiger partial charge is 0.334 e. The number of amides is 1. The molecule has 3 nitrogen and oxygen atoms in total. The second kappa shape index (κ2) is 7.09. The van der Waals surface area contributed by atoms with Crippen LogP contribution >= 0.6 is 15.9 Å². The van der Waals surface area contributed by atoms with E-state index in [1.165, 1.54) is 6.42 Å². The van der Waals surface area contributed by atoms with Gasteiger partial charge < -0.3 is 5.32 Å². The minimum Gasteiger partial charge on any atom is -0.334 e. The Balaban J connectivity index is 2.16. The van der Waals surface area contributed by atoms with Crippen LogP contribution in [0.15, 0.2) is 22.7 Å². The van der Waals surface area contributed by atoms with Gasteiger partial charge in [0.15, 0.2) is 0 Å². The van der Waals surface area contributed by atoms with E-state index in [-0.39, 0.29) is 5.91 Å². The molecule has 1 saturated carbocycles. The first-order chi connectivity index (χ1) is 10.0. The lowest BCUT2D eigenvalue weighted by atomic mass is 9.85. The maximum Gasteiger partial charge on any atom is 0.252 e. The molecule has 0 spiro atoms. The summed E-state index contributed by atoms with van der Waals surface area (Å²) in [6, 6.07) is 7.99. The molecule has 0 aliphatic heterocycles. The number of nitrogens with one attached hydrogen (secondary N) is 1. The Morgan fingerprint density at radius 2 is 1.81 bits per heavy atom. The Kier molecular flexibility index (Phi) is 5.41. The van der Waals surface area contributed by atoms with E-state index in [0.29, 0.717) is 5.56 Å². The normalized spacial score (nSPS) is 18.1. The van der Waals surface area contributed by atoms with Crippen molar-refractivity contribution in [2.45, 2.75) is 57.4 Å². The molecule has 1 fully saturated rings. The molecule has 1 aromatic rings. The number of rotatable bonds is 2. The number of hydrogen-bond donors (Lipinski definition) is 1. The molecule has 0 heterocycles. The molecular formula is C17H21BrN2O. The number of nitrogens with zero attached hydrogens (tertiary/aromatic N) is 1. The molecule has 1 N–H and O–H groups in total. The zero-order chi connectivity index (χ0) is 15.3. The number of carbonyl (C=O) groups excluding carboxylic acids is 1. The van der Waals surface area contributed by atoms with Gasteiger partial charge in [0.25, 0.3) is 5.91 Å². The van der Waals surface area contributed by atoms with Crippen LogP contribution in [0.3, 0.4) is 0 Å². The molecule has 0 unspecified atom stereocenters. The Morgan fingerprint density at radius 3 is 2.38 bits per heavy atom. The van der Waals surface area contributed by atoms with Crippen molar-refractivity contribution in [1.29, 1.82) is 5.26 Å². The van der Waals surface area contributed by atoms with Crippen molar-refractivity contribution in [2.24, 2.45) is 0 Å². The fourth-order valence-corrected chi connectivity index (χ4v) is 3.54. The van der Waals surface area contributed by atoms with Gasteiger partial charge in [-0.15, -0.1) is 0 Å². The zero-order valence-electron chi connectivity index (χ0n) is 12.4. The summed E-state index contributed by atoms with van der Waals surface area (Å²) in [7, 11) is 0. The van der Waals surface area contributed by atoms with Crippen LogP contribution < -0.4 is 5.32 Å². The summed E-state index contributed by atoms with van der Waals surface area (Å²) >= 11 is 3.41. The van der Waals surface area contributed by atoms with Crippen LogP contribution in [0.1, 0.15) is 60.9 Å². The van der Waals surface area contributed by atoms with Gasteiger partial charge in [0.1, 0.15) is 5.54 Å². The summed E-state index contributed by atoms with van der Waals surface area (Å²) < 4.78 is 0.885. The van der Waals surface area contributed by atoms with E-state index in [2.05, 4.69) is 27.3 Å². The summed E-state index contributed by atoms with van der Waals surface area (Å²) in [5.41, 5.74) is 0.935. The minimum absolute atomic E-state index is 0.151. The highest BCUT2D eigenvalue weighted by Gasteiger charge is 2.32. The lowest BCUT2D eigenvalue weighted by Crippen LogP contribution is -2.47. The van der Waals surface area contributed by atoms with Gasteiger partial charge in [-0.25, -0.2) is 0 Å². The average molecular weight is 349 g/mol. The molecule has 1 aliphatic rings. The highest BCUT2D eigenvalue weighted by atomic mass is 79.9. The Bertz CT molecular complexity index is 534. The summed E-state index contributed by atoms with van der Waals surface area (Å²) in [4.78, 5) is 12.5. The van der Waals surface area contributed by atoms with Gasteiger partial charge in [-0.3, -0.25) is 4.79 Å². The average Bonchev–Trinajstić information content (AvgIpc) is 2.41. The van der Waals surface area contributed by atoms with Gasteiger partial charge in [-0.1, -0.05) is 48.0 Å². The molecule has 2 rings (SSSR count). The summed E-state index contributed by atoms with van der Waals surface area (Å²) in [5.74, 6) is -0.151. The van der Waals surface area contributed by atoms with E-state index in [0.717, 1.165) is 48.6 Å². The first-order valence-corrected chi connectivity index (χ1v) is 8.35. The molecule has 1 aliphatic carbocycles. The molecule has 4 heteroatoms. The summed E-state index contributed by atoms with van der Waals surface area (Å²) in [6.07, 6.45) is 7.05. The van der Waals surface area contributed by atoms with Gasteiger partial charge >= 0.3 is 0 Å². The topological polar surface area (TPSA) is 52.9 Å². The Hall–Kier alpha value is -1.34. The first-order valence-electron chi connectivity index (χ1n) is 7.56. The number of nitriles is 1. The molecule has 0 radical (unpaired) electrons. The van der Waals surface area contributed by atoms with Crippen molar-refractivity contribution in [3.8, 4) is 6.07 Å². The number of aryl methyl sites for hydroxylation is 1. The van der Waals surface area contributed by atoms with Crippen LogP contribution in [0.25, 0.3) is 0 Å². The number of benzene rings is 1. The second-order valence-electron chi connectivity index (χ2n) is 5.93. The van der Waals surface area contributed by atoms with Gasteiger partial charge in [0.05, 0.1) is 6.07 Å². The highest BCUT2D eigenvalue weighted by molar-refractivity contribution is 9.10. The lowest BCUT2D eigenvalue weighted by molar-refractivity contribution is 0.0907. The van der Waals surface area contributed by atoms with Crippen LogP contribution in [0.5, 0.6) is 0 Å². The molecule has 0 bridgehead atoms. The van der Waals surface area contributed by atoms with E-state index in [9.17, 15) is 10.1 Å². The number of carbonyl (C=O) groups is 1. The Labute approximate surface area is 134 Å². The Morgan fingerprint density at radius 1 is 1.19 bits per heavy atom. The number of halogens is 1. The minimum atomic E-state index is -0.701. The van der Waals surface area contributed by atoms with E-state index >= 15 is 0 Å². The highest BCUT2D eigenvalue weighted by Crippen LogP contribution is 2.26. The second-order valence-corrected chi connectivity index (χ2v) is 6.85. The third kappa shape index (κ3) is 4.31. The van der Waals surface area contributed by atoms with Gasteiger partial charge in [-0.05, 0) is 43.5 Å².